The number of halogens is 2. The standard InChI is InChI=1S/C13H16Cl2N2O3S/c1-7(8-3-2-4-8)17-13(18)10-5-9(14)6-11(12(10)15)21(16,19)20/h5-8H,2-4H2,1H3,(H,17,18)(H2,16,19,20). The van der Waals surface area contributed by atoms with Crippen molar-refractivity contribution in [2.45, 2.75) is 37.1 Å². The van der Waals surface area contributed by atoms with E-state index in [0.29, 0.717) is 5.92 Å². The minimum atomic E-state index is -4.05. The molecule has 1 amide bonds. The summed E-state index contributed by atoms with van der Waals surface area (Å²) in [5, 5.41) is 7.78. The third kappa shape index (κ3) is 3.69. The summed E-state index contributed by atoms with van der Waals surface area (Å²) < 4.78 is 22.9. The number of rotatable bonds is 4. The molecule has 1 unspecified atom stereocenters. The Balaban J connectivity index is 2.30. The Bertz CT molecular complexity index is 672. The van der Waals surface area contributed by atoms with Crippen molar-refractivity contribution in [2.24, 2.45) is 11.1 Å². The molecule has 2 rings (SSSR count). The molecule has 21 heavy (non-hydrogen) atoms. The van der Waals surface area contributed by atoms with Crippen molar-refractivity contribution >= 4 is 39.1 Å². The van der Waals surface area contributed by atoms with Crippen LogP contribution in [0.3, 0.4) is 0 Å². The van der Waals surface area contributed by atoms with Crippen LogP contribution in [0.1, 0.15) is 36.5 Å². The number of nitrogens with two attached hydrogens (primary N) is 1. The van der Waals surface area contributed by atoms with E-state index in [1.54, 1.807) is 0 Å². The van der Waals surface area contributed by atoms with Crippen molar-refractivity contribution in [1.29, 1.82) is 0 Å². The average Bonchev–Trinajstić information content (AvgIpc) is 2.27. The van der Waals surface area contributed by atoms with Gasteiger partial charge >= 0.3 is 0 Å². The number of sulfonamides is 1. The molecule has 1 aromatic carbocycles. The number of nitrogens with one attached hydrogen (secondary N) is 1. The van der Waals surface area contributed by atoms with Gasteiger partial charge in [0, 0.05) is 11.1 Å². The molecule has 5 nitrogen and oxygen atoms in total. The van der Waals surface area contributed by atoms with Crippen LogP contribution in [-0.2, 0) is 10.0 Å². The monoisotopic (exact) mass is 350 g/mol. The number of hydrogen-bond donors (Lipinski definition) is 2. The molecule has 1 saturated carbocycles. The normalized spacial score (nSPS) is 17.1. The second-order valence-corrected chi connectivity index (χ2v) is 7.61. The van der Waals surface area contributed by atoms with Gasteiger partial charge in [-0.05, 0) is 37.8 Å². The Hall–Kier alpha value is -0.820. The summed E-state index contributed by atoms with van der Waals surface area (Å²) in [6, 6.07) is 2.46. The molecule has 8 heteroatoms. The van der Waals surface area contributed by atoms with E-state index in [9.17, 15) is 13.2 Å². The van der Waals surface area contributed by atoms with Crippen molar-refractivity contribution in [2.75, 3.05) is 0 Å². The minimum absolute atomic E-state index is 0.000711. The molecule has 0 bridgehead atoms. The van der Waals surface area contributed by atoms with Gasteiger partial charge in [-0.3, -0.25) is 4.79 Å². The van der Waals surface area contributed by atoms with E-state index in [1.807, 2.05) is 6.92 Å². The highest BCUT2D eigenvalue weighted by Crippen LogP contribution is 2.31. The van der Waals surface area contributed by atoms with Crippen molar-refractivity contribution in [3.05, 3.63) is 27.7 Å². The van der Waals surface area contributed by atoms with Gasteiger partial charge < -0.3 is 5.32 Å². The first-order valence-electron chi connectivity index (χ1n) is 6.53. The highest BCUT2D eigenvalue weighted by Gasteiger charge is 2.27. The Labute approximate surface area is 133 Å². The number of primary sulfonamides is 1. The highest BCUT2D eigenvalue weighted by atomic mass is 35.5. The van der Waals surface area contributed by atoms with Gasteiger partial charge in [-0.1, -0.05) is 29.6 Å². The molecular weight excluding hydrogens is 335 g/mol. The SMILES string of the molecule is CC(NC(=O)c1cc(Cl)cc(S(N)(=O)=O)c1Cl)C1CCC1. The van der Waals surface area contributed by atoms with E-state index in [1.165, 1.54) is 12.5 Å². The Morgan fingerprint density at radius 3 is 2.48 bits per heavy atom. The number of amides is 1. The molecule has 3 N–H and O–H groups in total. The molecule has 1 aliphatic carbocycles. The molecule has 1 aliphatic rings. The number of carbonyl (C=O) groups is 1. The molecule has 0 heterocycles. The lowest BCUT2D eigenvalue weighted by molar-refractivity contribution is 0.0909. The summed E-state index contributed by atoms with van der Waals surface area (Å²) in [6.07, 6.45) is 3.32. The molecule has 1 fully saturated rings. The minimum Gasteiger partial charge on any atom is -0.349 e. The van der Waals surface area contributed by atoms with Crippen LogP contribution in [0.15, 0.2) is 17.0 Å². The van der Waals surface area contributed by atoms with Crippen LogP contribution in [0.25, 0.3) is 0 Å². The Morgan fingerprint density at radius 2 is 2.00 bits per heavy atom. The van der Waals surface area contributed by atoms with Crippen LogP contribution in [-0.4, -0.2) is 20.4 Å². The molecule has 0 aliphatic heterocycles. The van der Waals surface area contributed by atoms with Crippen molar-refractivity contribution in [1.82, 2.24) is 5.32 Å². The molecule has 0 aromatic heterocycles. The predicted octanol–water partition coefficient (Wildman–Crippen LogP) is 2.56. The van der Waals surface area contributed by atoms with Crippen LogP contribution < -0.4 is 10.5 Å². The van der Waals surface area contributed by atoms with E-state index in [2.05, 4.69) is 5.32 Å². The van der Waals surface area contributed by atoms with Gasteiger partial charge in [-0.25, -0.2) is 13.6 Å². The number of benzene rings is 1. The summed E-state index contributed by atoms with van der Waals surface area (Å²) in [4.78, 5) is 11.9. The van der Waals surface area contributed by atoms with Gasteiger partial charge in [-0.2, -0.15) is 0 Å². The average molecular weight is 351 g/mol. The summed E-state index contributed by atoms with van der Waals surface area (Å²) in [7, 11) is -4.05. The highest BCUT2D eigenvalue weighted by molar-refractivity contribution is 7.89. The first-order valence-corrected chi connectivity index (χ1v) is 8.83. The Kier molecular flexibility index (Phi) is 4.82. The fraction of sp³-hybridized carbons (Fsp3) is 0.462. The van der Waals surface area contributed by atoms with E-state index in [0.717, 1.165) is 18.9 Å². The van der Waals surface area contributed by atoms with Crippen molar-refractivity contribution in [3.63, 3.8) is 0 Å². The lowest BCUT2D eigenvalue weighted by atomic mass is 9.80. The third-order valence-electron chi connectivity index (χ3n) is 3.77. The molecular formula is C13H16Cl2N2O3S. The van der Waals surface area contributed by atoms with E-state index < -0.39 is 15.9 Å². The van der Waals surface area contributed by atoms with Gasteiger partial charge in [0.2, 0.25) is 10.0 Å². The van der Waals surface area contributed by atoms with Gasteiger partial charge in [-0.15, -0.1) is 0 Å². The van der Waals surface area contributed by atoms with Gasteiger partial charge in [0.05, 0.1) is 10.6 Å². The number of carbonyl (C=O) groups excluding carboxylic acids is 1. The molecule has 0 spiro atoms. The summed E-state index contributed by atoms with van der Waals surface area (Å²) in [6.45, 7) is 1.92. The topological polar surface area (TPSA) is 89.3 Å². The third-order valence-corrected chi connectivity index (χ3v) is 5.44. The largest absolute Gasteiger partial charge is 0.349 e. The maximum Gasteiger partial charge on any atom is 0.253 e. The molecule has 0 saturated heterocycles. The molecule has 116 valence electrons. The second kappa shape index (κ2) is 6.12. The molecule has 0 radical (unpaired) electrons. The molecule has 1 aromatic rings. The van der Waals surface area contributed by atoms with Gasteiger partial charge in [0.25, 0.3) is 5.91 Å². The van der Waals surface area contributed by atoms with Crippen LogP contribution in [0.5, 0.6) is 0 Å². The quantitative estimate of drug-likeness (QED) is 0.874. The van der Waals surface area contributed by atoms with Crippen molar-refractivity contribution in [3.8, 4) is 0 Å². The Morgan fingerprint density at radius 1 is 1.38 bits per heavy atom. The first kappa shape index (κ1) is 16.5. The van der Waals surface area contributed by atoms with Gasteiger partial charge in [0.1, 0.15) is 4.90 Å². The maximum absolute atomic E-state index is 12.3. The van der Waals surface area contributed by atoms with Crippen molar-refractivity contribution < 1.29 is 13.2 Å². The summed E-state index contributed by atoms with van der Waals surface area (Å²) in [5.41, 5.74) is 0.0133. The zero-order valence-electron chi connectivity index (χ0n) is 11.4. The molecule has 1 atom stereocenters. The lowest BCUT2D eigenvalue weighted by Gasteiger charge is -2.32. The van der Waals surface area contributed by atoms with Crippen LogP contribution >= 0.6 is 23.2 Å². The smallest absolute Gasteiger partial charge is 0.253 e. The fourth-order valence-corrected chi connectivity index (χ4v) is 3.73. The number of hydrogen-bond acceptors (Lipinski definition) is 3. The van der Waals surface area contributed by atoms with Crippen LogP contribution in [0, 0.1) is 5.92 Å². The maximum atomic E-state index is 12.3. The van der Waals surface area contributed by atoms with Crippen LogP contribution in [0.4, 0.5) is 0 Å². The fourth-order valence-electron chi connectivity index (χ4n) is 2.28. The van der Waals surface area contributed by atoms with Crippen LogP contribution in [0.2, 0.25) is 10.0 Å². The lowest BCUT2D eigenvalue weighted by Crippen LogP contribution is -2.40. The van der Waals surface area contributed by atoms with Gasteiger partial charge in [0.15, 0.2) is 0 Å². The summed E-state index contributed by atoms with van der Waals surface area (Å²) in [5.74, 6) is -0.00331. The van der Waals surface area contributed by atoms with E-state index in [-0.39, 0.29) is 26.5 Å². The van der Waals surface area contributed by atoms with E-state index in [4.69, 9.17) is 28.3 Å². The summed E-state index contributed by atoms with van der Waals surface area (Å²) >= 11 is 11.8. The zero-order valence-corrected chi connectivity index (χ0v) is 13.7. The predicted molar refractivity (Wildman–Crippen MR) is 82.1 cm³/mol. The zero-order chi connectivity index (χ0) is 15.8. The first-order chi connectivity index (χ1) is 9.70. The van der Waals surface area contributed by atoms with E-state index >= 15 is 0 Å². The second-order valence-electron chi connectivity index (χ2n) is 5.26.